The van der Waals surface area contributed by atoms with Crippen LogP contribution in [0.15, 0.2) is 10.9 Å². The summed E-state index contributed by atoms with van der Waals surface area (Å²) in [5, 5.41) is 5.95. The number of H-pyrrole nitrogens is 1. The lowest BCUT2D eigenvalue weighted by Crippen LogP contribution is -2.39. The maximum Gasteiger partial charge on any atom is 0.261 e. The van der Waals surface area contributed by atoms with Crippen molar-refractivity contribution in [3.63, 3.8) is 0 Å². The summed E-state index contributed by atoms with van der Waals surface area (Å²) in [6.07, 6.45) is 2.82. The minimum absolute atomic E-state index is 0.0131. The number of amides is 1. The van der Waals surface area contributed by atoms with Crippen LogP contribution in [0.1, 0.15) is 58.8 Å². The molecule has 0 unspecified atom stereocenters. The molecule has 0 spiro atoms. The first-order valence-corrected chi connectivity index (χ1v) is 11.5. The normalized spacial score (nSPS) is 16.0. The average molecular weight is 460 g/mol. The van der Waals surface area contributed by atoms with Crippen LogP contribution in [0.25, 0.3) is 0 Å². The monoisotopic (exact) mass is 459 g/mol. The summed E-state index contributed by atoms with van der Waals surface area (Å²) in [5.41, 5.74) is 7.04. The number of aromatic amines is 1. The number of aryl methyl sites for hydroxylation is 2. The number of hydrogen-bond acceptors (Lipinski definition) is 8. The van der Waals surface area contributed by atoms with Crippen molar-refractivity contribution in [2.24, 2.45) is 5.92 Å². The minimum atomic E-state index is -0.661. The van der Waals surface area contributed by atoms with Gasteiger partial charge in [0, 0.05) is 17.8 Å². The third-order valence-electron chi connectivity index (χ3n) is 5.69. The van der Waals surface area contributed by atoms with E-state index in [1.54, 1.807) is 0 Å². The standard InChI is InChI=1S/C22H29N5O4S/c1-11-8-18(21(31)25-16(13(3)29)6-4-12(2)28)32-17(11)7-5-14-9-15-19(24-10-14)26-22(23)27-20(15)30/h8,14,16H,4-7,9-10H2,1-3H3,(H,25,31)(H4,23,24,26,27,30)/t14-,16+/m1/s1. The van der Waals surface area contributed by atoms with Crippen molar-refractivity contribution < 1.29 is 14.4 Å². The van der Waals surface area contributed by atoms with Gasteiger partial charge < -0.3 is 21.2 Å². The summed E-state index contributed by atoms with van der Waals surface area (Å²) in [5.74, 6) is 0.454. The zero-order valence-corrected chi connectivity index (χ0v) is 19.4. The SMILES string of the molecule is CC(=O)CC[C@H](NC(=O)c1cc(C)c(CC[C@H]2CNc3nc(N)[nH]c(=O)c3C2)s1)C(C)=O. The van der Waals surface area contributed by atoms with Crippen LogP contribution in [0.2, 0.25) is 0 Å². The van der Waals surface area contributed by atoms with E-state index in [9.17, 15) is 19.2 Å². The van der Waals surface area contributed by atoms with Crippen LogP contribution in [0.4, 0.5) is 11.8 Å². The van der Waals surface area contributed by atoms with Gasteiger partial charge >= 0.3 is 0 Å². The van der Waals surface area contributed by atoms with Gasteiger partial charge in [-0.2, -0.15) is 4.98 Å². The molecule has 1 aliphatic heterocycles. The molecule has 0 saturated carbocycles. The molecule has 3 rings (SSSR count). The molecule has 5 N–H and O–H groups in total. The maximum absolute atomic E-state index is 12.7. The molecule has 0 aliphatic carbocycles. The number of rotatable bonds is 9. The summed E-state index contributed by atoms with van der Waals surface area (Å²) < 4.78 is 0. The Hall–Kier alpha value is -3.01. The molecule has 0 radical (unpaired) electrons. The Morgan fingerprint density at radius 1 is 1.34 bits per heavy atom. The van der Waals surface area contributed by atoms with Crippen molar-refractivity contribution >= 4 is 40.6 Å². The molecule has 9 nitrogen and oxygen atoms in total. The summed E-state index contributed by atoms with van der Waals surface area (Å²) in [6, 6.07) is 1.18. The van der Waals surface area contributed by atoms with Gasteiger partial charge in [0.15, 0.2) is 5.78 Å². The topological polar surface area (TPSA) is 147 Å². The van der Waals surface area contributed by atoms with Gasteiger partial charge in [-0.15, -0.1) is 11.3 Å². The highest BCUT2D eigenvalue weighted by Crippen LogP contribution is 2.28. The summed E-state index contributed by atoms with van der Waals surface area (Å²) in [6.45, 7) is 5.56. The lowest BCUT2D eigenvalue weighted by Gasteiger charge is -2.24. The second-order valence-corrected chi connectivity index (χ2v) is 9.50. The molecule has 1 amide bonds. The van der Waals surface area contributed by atoms with Gasteiger partial charge in [0.1, 0.15) is 11.6 Å². The number of hydrogen-bond donors (Lipinski definition) is 4. The number of nitrogens with zero attached hydrogens (tertiary/aromatic N) is 1. The Morgan fingerprint density at radius 2 is 2.09 bits per heavy atom. The fourth-order valence-electron chi connectivity index (χ4n) is 3.83. The number of anilines is 2. The first-order chi connectivity index (χ1) is 15.1. The van der Waals surface area contributed by atoms with Gasteiger partial charge in [-0.05, 0) is 64.0 Å². The zero-order chi connectivity index (χ0) is 23.4. The number of ketones is 2. The molecule has 0 bridgehead atoms. The number of nitrogen functional groups attached to an aromatic ring is 1. The van der Waals surface area contributed by atoms with Crippen LogP contribution < -0.4 is 21.9 Å². The van der Waals surface area contributed by atoms with E-state index in [0.717, 1.165) is 23.3 Å². The summed E-state index contributed by atoms with van der Waals surface area (Å²) in [7, 11) is 0. The van der Waals surface area contributed by atoms with E-state index in [1.165, 1.54) is 25.2 Å². The highest BCUT2D eigenvalue weighted by molar-refractivity contribution is 7.14. The van der Waals surface area contributed by atoms with E-state index in [2.05, 4.69) is 20.6 Å². The Balaban J connectivity index is 1.60. The molecule has 2 atom stereocenters. The Kier molecular flexibility index (Phi) is 7.44. The highest BCUT2D eigenvalue weighted by atomic mass is 32.1. The van der Waals surface area contributed by atoms with Crippen LogP contribution in [0.5, 0.6) is 0 Å². The number of aromatic nitrogens is 2. The predicted molar refractivity (Wildman–Crippen MR) is 124 cm³/mol. The molecule has 172 valence electrons. The van der Waals surface area contributed by atoms with E-state index in [4.69, 9.17) is 5.73 Å². The second-order valence-electron chi connectivity index (χ2n) is 8.36. The lowest BCUT2D eigenvalue weighted by atomic mass is 9.92. The van der Waals surface area contributed by atoms with Gasteiger partial charge in [-0.3, -0.25) is 19.4 Å². The minimum Gasteiger partial charge on any atom is -0.369 e. The number of fused-ring (bicyclic) bond motifs is 1. The number of nitrogens with one attached hydrogen (secondary N) is 3. The van der Waals surface area contributed by atoms with Crippen molar-refractivity contribution in [2.45, 2.75) is 58.9 Å². The number of Topliss-reactive ketones (excluding diaryl/α,β-unsaturated/α-hetero) is 2. The average Bonchev–Trinajstić information content (AvgIpc) is 3.10. The van der Waals surface area contributed by atoms with Gasteiger partial charge in [-0.1, -0.05) is 0 Å². The predicted octanol–water partition coefficient (Wildman–Crippen LogP) is 2.00. The molecule has 2 aromatic rings. The largest absolute Gasteiger partial charge is 0.369 e. The highest BCUT2D eigenvalue weighted by Gasteiger charge is 2.24. The first-order valence-electron chi connectivity index (χ1n) is 10.7. The van der Waals surface area contributed by atoms with Crippen LogP contribution in [-0.2, 0) is 22.4 Å². The fraction of sp³-hybridized carbons (Fsp3) is 0.500. The molecule has 0 fully saturated rings. The smallest absolute Gasteiger partial charge is 0.261 e. The van der Waals surface area contributed by atoms with Gasteiger partial charge in [0.05, 0.1) is 16.5 Å². The van der Waals surface area contributed by atoms with Crippen molar-refractivity contribution in [3.8, 4) is 0 Å². The number of thiophene rings is 1. The number of nitrogens with two attached hydrogens (primary N) is 1. The van der Waals surface area contributed by atoms with Gasteiger partial charge in [-0.25, -0.2) is 0 Å². The van der Waals surface area contributed by atoms with Crippen molar-refractivity contribution in [1.29, 1.82) is 0 Å². The number of carbonyl (C=O) groups is 3. The molecule has 3 heterocycles. The van der Waals surface area contributed by atoms with E-state index >= 15 is 0 Å². The molecular weight excluding hydrogens is 430 g/mol. The third-order valence-corrected chi connectivity index (χ3v) is 6.99. The molecule has 0 saturated heterocycles. The van der Waals surface area contributed by atoms with Gasteiger partial charge in [0.25, 0.3) is 11.5 Å². The molecule has 0 aromatic carbocycles. The van der Waals surface area contributed by atoms with E-state index in [0.29, 0.717) is 35.6 Å². The second kappa shape index (κ2) is 10.1. The lowest BCUT2D eigenvalue weighted by molar-refractivity contribution is -0.119. The molecular formula is C22H29N5O4S. The molecule has 1 aliphatic rings. The van der Waals surface area contributed by atoms with E-state index in [-0.39, 0.29) is 41.3 Å². The Bertz CT molecular complexity index is 1090. The fourth-order valence-corrected chi connectivity index (χ4v) is 4.92. The molecule has 2 aromatic heterocycles. The van der Waals surface area contributed by atoms with Crippen molar-refractivity contribution in [2.75, 3.05) is 17.6 Å². The van der Waals surface area contributed by atoms with Crippen molar-refractivity contribution in [1.82, 2.24) is 15.3 Å². The molecule has 10 heteroatoms. The molecule has 32 heavy (non-hydrogen) atoms. The Labute approximate surface area is 190 Å². The van der Waals surface area contributed by atoms with Crippen LogP contribution in [-0.4, -0.2) is 40.0 Å². The first kappa shape index (κ1) is 23.6. The third kappa shape index (κ3) is 5.82. The summed E-state index contributed by atoms with van der Waals surface area (Å²) in [4.78, 5) is 56.2. The zero-order valence-electron chi connectivity index (χ0n) is 18.5. The quantitative estimate of drug-likeness (QED) is 0.448. The maximum atomic E-state index is 12.7. The van der Waals surface area contributed by atoms with Crippen LogP contribution in [0.3, 0.4) is 0 Å². The van der Waals surface area contributed by atoms with Crippen LogP contribution in [0, 0.1) is 12.8 Å². The number of carbonyl (C=O) groups excluding carboxylic acids is 3. The Morgan fingerprint density at radius 3 is 2.78 bits per heavy atom. The van der Waals surface area contributed by atoms with E-state index < -0.39 is 6.04 Å². The summed E-state index contributed by atoms with van der Waals surface area (Å²) >= 11 is 1.42. The van der Waals surface area contributed by atoms with Crippen molar-refractivity contribution in [3.05, 3.63) is 37.3 Å². The van der Waals surface area contributed by atoms with E-state index in [1.807, 2.05) is 13.0 Å². The van der Waals surface area contributed by atoms with Gasteiger partial charge in [0.2, 0.25) is 5.95 Å². The van der Waals surface area contributed by atoms with Crippen LogP contribution >= 0.6 is 11.3 Å².